The number of amides is 2. The Labute approximate surface area is 190 Å². The molecule has 9 nitrogen and oxygen atoms in total. The van der Waals surface area contributed by atoms with Crippen LogP contribution in [0.5, 0.6) is 11.5 Å². The van der Waals surface area contributed by atoms with Crippen LogP contribution in [0.25, 0.3) is 0 Å². The van der Waals surface area contributed by atoms with E-state index in [0.717, 1.165) is 49.1 Å². The number of carbonyl (C=O) groups excluding carboxylic acids is 2. The summed E-state index contributed by atoms with van der Waals surface area (Å²) in [4.78, 5) is 28.3. The highest BCUT2D eigenvalue weighted by Crippen LogP contribution is 2.36. The largest absolute Gasteiger partial charge is 0.497 e. The zero-order chi connectivity index (χ0) is 23.5. The summed E-state index contributed by atoms with van der Waals surface area (Å²) in [6.07, 6.45) is 7.14. The van der Waals surface area contributed by atoms with E-state index in [9.17, 15) is 18.0 Å². The molecule has 1 heterocycles. The first kappa shape index (κ1) is 24.3. The molecule has 178 valence electrons. The van der Waals surface area contributed by atoms with Crippen molar-refractivity contribution in [3.05, 3.63) is 18.2 Å². The molecule has 0 aromatic heterocycles. The van der Waals surface area contributed by atoms with E-state index in [1.165, 1.54) is 19.1 Å². The Balaban J connectivity index is 2.03. The Hall–Kier alpha value is -2.33. The molecule has 32 heavy (non-hydrogen) atoms. The summed E-state index contributed by atoms with van der Waals surface area (Å²) in [7, 11) is -0.677. The van der Waals surface area contributed by atoms with Crippen molar-refractivity contribution in [2.75, 3.05) is 38.5 Å². The summed E-state index contributed by atoms with van der Waals surface area (Å²) in [6, 6.07) is 4.97. The van der Waals surface area contributed by atoms with Crippen LogP contribution in [-0.4, -0.2) is 69.7 Å². The van der Waals surface area contributed by atoms with Gasteiger partial charge in [-0.3, -0.25) is 14.5 Å². The fourth-order valence-corrected chi connectivity index (χ4v) is 5.32. The van der Waals surface area contributed by atoms with Crippen LogP contribution in [0.1, 0.15) is 45.4 Å². The SMILES string of the molecule is COc1cc(OC)cc(N2C(=O)CN(S(C)(=O)=O)CC2(C)C(=O)NC2CCCCCC2)c1. The molecule has 1 atom stereocenters. The van der Waals surface area contributed by atoms with Gasteiger partial charge < -0.3 is 14.8 Å². The molecule has 1 saturated carbocycles. The maximum Gasteiger partial charge on any atom is 0.247 e. The van der Waals surface area contributed by atoms with E-state index in [-0.39, 0.29) is 25.0 Å². The molecule has 1 saturated heterocycles. The van der Waals surface area contributed by atoms with E-state index in [2.05, 4.69) is 5.32 Å². The minimum atomic E-state index is -3.68. The first-order chi connectivity index (χ1) is 15.1. The van der Waals surface area contributed by atoms with Gasteiger partial charge in [0, 0.05) is 30.8 Å². The fraction of sp³-hybridized carbons (Fsp3) is 0.636. The number of hydrogen-bond acceptors (Lipinski definition) is 6. The third-order valence-electron chi connectivity index (χ3n) is 6.28. The van der Waals surface area contributed by atoms with Crippen LogP contribution in [-0.2, 0) is 19.6 Å². The number of hydrogen-bond donors (Lipinski definition) is 1. The Morgan fingerprint density at radius 1 is 1.06 bits per heavy atom. The second kappa shape index (κ2) is 9.66. The van der Waals surface area contributed by atoms with Gasteiger partial charge in [0.05, 0.1) is 32.7 Å². The Bertz CT molecular complexity index is 936. The van der Waals surface area contributed by atoms with Gasteiger partial charge in [0.15, 0.2) is 0 Å². The second-order valence-corrected chi connectivity index (χ2v) is 10.7. The molecule has 0 bridgehead atoms. The summed E-state index contributed by atoms with van der Waals surface area (Å²) in [5.41, 5.74) is -1.03. The number of nitrogens with zero attached hydrogens (tertiary/aromatic N) is 2. The molecule has 1 unspecified atom stereocenters. The molecule has 1 aromatic rings. The van der Waals surface area contributed by atoms with Gasteiger partial charge in [-0.25, -0.2) is 8.42 Å². The van der Waals surface area contributed by atoms with Crippen LogP contribution < -0.4 is 19.7 Å². The predicted octanol–water partition coefficient (Wildman–Crippen LogP) is 1.91. The molecule has 2 amide bonds. The molecule has 2 aliphatic rings. The Morgan fingerprint density at radius 2 is 1.62 bits per heavy atom. The summed E-state index contributed by atoms with van der Waals surface area (Å²) in [6.45, 7) is 1.13. The van der Waals surface area contributed by atoms with Gasteiger partial charge in [0.1, 0.15) is 17.0 Å². The number of methoxy groups -OCH3 is 2. The Morgan fingerprint density at radius 3 is 2.12 bits per heavy atom. The molecular weight excluding hydrogens is 434 g/mol. The number of nitrogens with one attached hydrogen (secondary N) is 1. The molecule has 0 radical (unpaired) electrons. The van der Waals surface area contributed by atoms with Gasteiger partial charge >= 0.3 is 0 Å². The van der Waals surface area contributed by atoms with Crippen LogP contribution in [0.4, 0.5) is 5.69 Å². The molecule has 1 aromatic carbocycles. The van der Waals surface area contributed by atoms with Crippen molar-refractivity contribution in [2.45, 2.75) is 57.0 Å². The van der Waals surface area contributed by atoms with Crippen molar-refractivity contribution in [3.63, 3.8) is 0 Å². The lowest BCUT2D eigenvalue weighted by molar-refractivity contribution is -0.133. The minimum absolute atomic E-state index is 0.00670. The topological polar surface area (TPSA) is 105 Å². The minimum Gasteiger partial charge on any atom is -0.497 e. The Kier molecular flexibility index (Phi) is 7.34. The zero-order valence-corrected chi connectivity index (χ0v) is 20.0. The van der Waals surface area contributed by atoms with Crippen molar-refractivity contribution >= 4 is 27.5 Å². The van der Waals surface area contributed by atoms with E-state index in [4.69, 9.17) is 9.47 Å². The third-order valence-corrected chi connectivity index (χ3v) is 7.48. The molecule has 1 N–H and O–H groups in total. The highest BCUT2D eigenvalue weighted by molar-refractivity contribution is 7.88. The van der Waals surface area contributed by atoms with Crippen molar-refractivity contribution in [1.29, 1.82) is 0 Å². The standard InChI is InChI=1S/C22H33N3O6S/c1-22(21(27)23-16-9-7-5-6-8-10-16)15-24(32(4,28)29)14-20(26)25(22)17-11-18(30-2)13-19(12-17)31-3/h11-13,16H,5-10,14-15H2,1-4H3,(H,23,27). The van der Waals surface area contributed by atoms with Gasteiger partial charge in [0.2, 0.25) is 21.8 Å². The lowest BCUT2D eigenvalue weighted by atomic mass is 9.93. The van der Waals surface area contributed by atoms with E-state index in [1.54, 1.807) is 25.1 Å². The smallest absolute Gasteiger partial charge is 0.247 e. The number of sulfonamides is 1. The van der Waals surface area contributed by atoms with Gasteiger partial charge in [0.25, 0.3) is 0 Å². The zero-order valence-electron chi connectivity index (χ0n) is 19.2. The van der Waals surface area contributed by atoms with Crippen LogP contribution in [0, 0.1) is 0 Å². The lowest BCUT2D eigenvalue weighted by Gasteiger charge is -2.47. The number of carbonyl (C=O) groups is 2. The second-order valence-electron chi connectivity index (χ2n) is 8.77. The normalized spacial score (nSPS) is 23.5. The quantitative estimate of drug-likeness (QED) is 0.641. The molecule has 10 heteroatoms. The summed E-state index contributed by atoms with van der Waals surface area (Å²) < 4.78 is 36.4. The number of piperazine rings is 1. The highest BCUT2D eigenvalue weighted by Gasteiger charge is 2.50. The average Bonchev–Trinajstić information content (AvgIpc) is 3.00. The van der Waals surface area contributed by atoms with E-state index < -0.39 is 21.5 Å². The summed E-state index contributed by atoms with van der Waals surface area (Å²) >= 11 is 0. The number of rotatable bonds is 6. The lowest BCUT2D eigenvalue weighted by Crippen LogP contribution is -2.70. The fourth-order valence-electron chi connectivity index (χ4n) is 4.49. The molecule has 2 fully saturated rings. The van der Waals surface area contributed by atoms with Gasteiger partial charge in [-0.2, -0.15) is 4.31 Å². The van der Waals surface area contributed by atoms with Crippen LogP contribution >= 0.6 is 0 Å². The van der Waals surface area contributed by atoms with Crippen molar-refractivity contribution < 1.29 is 27.5 Å². The monoisotopic (exact) mass is 467 g/mol. The van der Waals surface area contributed by atoms with Gasteiger partial charge in [-0.1, -0.05) is 25.7 Å². The molecule has 1 aliphatic carbocycles. The molecule has 0 spiro atoms. The highest BCUT2D eigenvalue weighted by atomic mass is 32.2. The van der Waals surface area contributed by atoms with Gasteiger partial charge in [-0.15, -0.1) is 0 Å². The van der Waals surface area contributed by atoms with E-state index >= 15 is 0 Å². The predicted molar refractivity (Wildman–Crippen MR) is 121 cm³/mol. The summed E-state index contributed by atoms with van der Waals surface area (Å²) in [5.74, 6) is 0.0665. The average molecular weight is 468 g/mol. The molecular formula is C22H33N3O6S. The summed E-state index contributed by atoms with van der Waals surface area (Å²) in [5, 5.41) is 3.10. The number of benzene rings is 1. The van der Waals surface area contributed by atoms with Gasteiger partial charge in [-0.05, 0) is 19.8 Å². The van der Waals surface area contributed by atoms with Crippen LogP contribution in [0.15, 0.2) is 18.2 Å². The first-order valence-corrected chi connectivity index (χ1v) is 12.8. The van der Waals surface area contributed by atoms with E-state index in [1.807, 2.05) is 0 Å². The van der Waals surface area contributed by atoms with Crippen molar-refractivity contribution in [1.82, 2.24) is 9.62 Å². The molecule has 3 rings (SSSR count). The maximum absolute atomic E-state index is 13.6. The third kappa shape index (κ3) is 5.17. The number of ether oxygens (including phenoxy) is 2. The van der Waals surface area contributed by atoms with Crippen molar-refractivity contribution in [2.24, 2.45) is 0 Å². The van der Waals surface area contributed by atoms with Crippen LogP contribution in [0.3, 0.4) is 0 Å². The first-order valence-electron chi connectivity index (χ1n) is 10.9. The maximum atomic E-state index is 13.6. The number of anilines is 1. The van der Waals surface area contributed by atoms with Crippen LogP contribution in [0.2, 0.25) is 0 Å². The molecule has 1 aliphatic heterocycles. The van der Waals surface area contributed by atoms with Crippen molar-refractivity contribution in [3.8, 4) is 11.5 Å². The van der Waals surface area contributed by atoms with E-state index in [0.29, 0.717) is 17.2 Å².